The number of rotatable bonds is 6. The van der Waals surface area contributed by atoms with E-state index in [1.54, 1.807) is 0 Å². The molecule has 0 spiro atoms. The molecule has 0 aromatic heterocycles. The van der Waals surface area contributed by atoms with E-state index in [0.717, 1.165) is 22.9 Å². The second-order valence-corrected chi connectivity index (χ2v) is 14.5. The van der Waals surface area contributed by atoms with E-state index in [1.807, 2.05) is 11.8 Å². The van der Waals surface area contributed by atoms with E-state index in [0.29, 0.717) is 0 Å². The van der Waals surface area contributed by atoms with Crippen molar-refractivity contribution in [2.75, 3.05) is 11.5 Å². The summed E-state index contributed by atoms with van der Waals surface area (Å²) in [5.74, 6) is 1.80. The van der Waals surface area contributed by atoms with Gasteiger partial charge in [0, 0.05) is 33.8 Å². The van der Waals surface area contributed by atoms with E-state index in [4.69, 9.17) is 30.2 Å². The van der Waals surface area contributed by atoms with Crippen LogP contribution in [0, 0.1) is 52.4 Å². The van der Waals surface area contributed by atoms with Gasteiger partial charge < -0.3 is 0 Å². The number of aryl methyl sites for hydroxylation is 6. The number of hydrogen-bond donors (Lipinski definition) is 0. The van der Waals surface area contributed by atoms with Crippen molar-refractivity contribution in [1.29, 1.82) is 0 Å². The third-order valence-corrected chi connectivity index (χ3v) is 6.93. The molecular weight excluding hydrogens is 547 g/mol. The van der Waals surface area contributed by atoms with E-state index in [2.05, 4.69) is 107 Å². The number of aliphatic imine (C=N–C) groups is 2. The van der Waals surface area contributed by atoms with Crippen LogP contribution in [0.2, 0.25) is 0 Å². The normalized spacial score (nSPS) is 13.1. The molecule has 0 amide bonds. The van der Waals surface area contributed by atoms with Crippen LogP contribution >= 0.6 is 32.0 Å². The summed E-state index contributed by atoms with van der Waals surface area (Å²) in [6.45, 7) is 26.6. The van der Waals surface area contributed by atoms with Crippen molar-refractivity contribution in [3.05, 3.63) is 57.6 Å². The summed E-state index contributed by atoms with van der Waals surface area (Å²) in [6.07, 6.45) is 0. The zero-order valence-electron chi connectivity index (χ0n) is 24.1. The first-order valence-electron chi connectivity index (χ1n) is 12.3. The van der Waals surface area contributed by atoms with Crippen LogP contribution in [-0.2, 0) is 13.1 Å². The standard InChI is InChI=1S/C30H44N2S.2ClH.Fe/c1-19-13-21(3)27(22(4)14-19)31-25(29(7,8)9)17-33-18-26(30(10,11)12)32-28-23(5)15-20(2)16-24(28)6;;;/h13-16H,17-18H2,1-12H3;2*1H;/q;;;+2/p-2. The molecule has 2 nitrogen and oxygen atoms in total. The molecule has 0 atom stereocenters. The summed E-state index contributed by atoms with van der Waals surface area (Å²) < 4.78 is 0. The quantitative estimate of drug-likeness (QED) is 0.242. The summed E-state index contributed by atoms with van der Waals surface area (Å²) >= 11 is 2.12. The van der Waals surface area contributed by atoms with E-state index in [1.165, 1.54) is 44.8 Å². The summed E-state index contributed by atoms with van der Waals surface area (Å²) in [7, 11) is 9.53. The van der Waals surface area contributed by atoms with Crippen molar-refractivity contribution >= 4 is 54.8 Å². The van der Waals surface area contributed by atoms with Gasteiger partial charge >= 0.3 is 33.3 Å². The fourth-order valence-corrected chi connectivity index (χ4v) is 5.53. The van der Waals surface area contributed by atoms with Gasteiger partial charge in [-0.2, -0.15) is 0 Å². The number of thioether (sulfide) groups is 1. The van der Waals surface area contributed by atoms with E-state index >= 15 is 0 Å². The van der Waals surface area contributed by atoms with Crippen LogP contribution in [0.25, 0.3) is 0 Å². The van der Waals surface area contributed by atoms with Crippen molar-refractivity contribution in [3.8, 4) is 0 Å². The predicted octanol–water partition coefficient (Wildman–Crippen LogP) is 10.6. The van der Waals surface area contributed by atoms with Gasteiger partial charge in [-0.1, -0.05) is 76.9 Å². The molecule has 0 N–H and O–H groups in total. The van der Waals surface area contributed by atoms with Crippen LogP contribution < -0.4 is 0 Å². The molecule has 6 heteroatoms. The minimum absolute atomic E-state index is 0.0138. The predicted molar refractivity (Wildman–Crippen MR) is 163 cm³/mol. The SMILES string of the molecule is Cc1cc(C)c(N=C(CSCC(=Nc2c(C)cc(C)cc2C)C(C)(C)C)C(C)(C)C)c(C)c1.[Cl][Fe][Cl]. The first-order chi connectivity index (χ1) is 16.5. The molecule has 0 saturated carbocycles. The number of hydrogen-bond acceptors (Lipinski definition) is 3. The van der Waals surface area contributed by atoms with Crippen LogP contribution in [-0.4, -0.2) is 22.9 Å². The Labute approximate surface area is 239 Å². The zero-order valence-corrected chi connectivity index (χ0v) is 27.6. The molecule has 0 heterocycles. The van der Waals surface area contributed by atoms with Gasteiger partial charge in [0.25, 0.3) is 0 Å². The molecule has 36 heavy (non-hydrogen) atoms. The Kier molecular flexibility index (Phi) is 13.3. The van der Waals surface area contributed by atoms with Crippen LogP contribution in [0.5, 0.6) is 0 Å². The van der Waals surface area contributed by atoms with Gasteiger partial charge in [-0.15, -0.1) is 11.8 Å². The second-order valence-electron chi connectivity index (χ2n) is 11.7. The Hall–Kier alpha value is -0.771. The van der Waals surface area contributed by atoms with Crippen molar-refractivity contribution in [2.24, 2.45) is 20.8 Å². The van der Waals surface area contributed by atoms with Gasteiger partial charge in [0.05, 0.1) is 11.4 Å². The van der Waals surface area contributed by atoms with E-state index in [9.17, 15) is 0 Å². The van der Waals surface area contributed by atoms with Gasteiger partial charge in [-0.3, -0.25) is 9.98 Å². The third-order valence-electron chi connectivity index (χ3n) is 5.97. The zero-order chi connectivity index (χ0) is 27.8. The van der Waals surface area contributed by atoms with Crippen molar-refractivity contribution < 1.29 is 13.1 Å². The molecular formula is C30H44Cl2FeN2S. The molecule has 2 aromatic carbocycles. The Morgan fingerprint density at radius 3 is 1.11 bits per heavy atom. The minimum atomic E-state index is 0.0138. The van der Waals surface area contributed by atoms with Crippen LogP contribution in [0.3, 0.4) is 0 Å². The molecule has 0 aliphatic rings. The average molecular weight is 592 g/mol. The fourth-order valence-electron chi connectivity index (χ4n) is 4.04. The first kappa shape index (κ1) is 33.3. The number of halogens is 2. The average Bonchev–Trinajstić information content (AvgIpc) is 2.68. The molecule has 0 saturated heterocycles. The number of benzene rings is 2. The van der Waals surface area contributed by atoms with Crippen molar-refractivity contribution in [2.45, 2.75) is 83.1 Å². The van der Waals surface area contributed by atoms with E-state index in [-0.39, 0.29) is 24.0 Å². The Balaban J connectivity index is 0.00000205. The maximum absolute atomic E-state index is 5.21. The van der Waals surface area contributed by atoms with Gasteiger partial charge in [0.2, 0.25) is 0 Å². The molecule has 0 fully saturated rings. The van der Waals surface area contributed by atoms with Gasteiger partial charge in [-0.05, 0) is 63.8 Å². The molecule has 0 radical (unpaired) electrons. The topological polar surface area (TPSA) is 24.7 Å². The summed E-state index contributed by atoms with van der Waals surface area (Å²) in [4.78, 5) is 10.4. The molecule has 0 unspecified atom stereocenters. The molecule has 0 bridgehead atoms. The molecule has 202 valence electrons. The van der Waals surface area contributed by atoms with Gasteiger partial charge in [-0.25, -0.2) is 0 Å². The number of nitrogens with zero attached hydrogens (tertiary/aromatic N) is 2. The first-order valence-corrected chi connectivity index (χ1v) is 16.4. The van der Waals surface area contributed by atoms with E-state index < -0.39 is 0 Å². The fraction of sp³-hybridized carbons (Fsp3) is 0.533. The molecule has 0 aliphatic carbocycles. The van der Waals surface area contributed by atoms with Crippen LogP contribution in [0.1, 0.15) is 74.9 Å². The van der Waals surface area contributed by atoms with Crippen molar-refractivity contribution in [3.63, 3.8) is 0 Å². The Bertz CT molecular complexity index is 962. The third kappa shape index (κ3) is 10.5. The van der Waals surface area contributed by atoms with Gasteiger partial charge in [0.1, 0.15) is 0 Å². The summed E-state index contributed by atoms with van der Waals surface area (Å²) in [5, 5.41) is 0. The molecule has 2 aromatic rings. The summed E-state index contributed by atoms with van der Waals surface area (Å²) in [5.41, 5.74) is 12.3. The Morgan fingerprint density at radius 1 is 0.639 bits per heavy atom. The second kappa shape index (κ2) is 14.4. The van der Waals surface area contributed by atoms with Crippen LogP contribution in [0.15, 0.2) is 34.3 Å². The van der Waals surface area contributed by atoms with Crippen LogP contribution in [0.4, 0.5) is 11.4 Å². The maximum atomic E-state index is 5.21. The van der Waals surface area contributed by atoms with Crippen molar-refractivity contribution in [1.82, 2.24) is 0 Å². The monoisotopic (exact) mass is 590 g/mol. The molecule has 2 rings (SSSR count). The molecule has 0 aliphatic heterocycles. The van der Waals surface area contributed by atoms with Gasteiger partial charge in [0.15, 0.2) is 0 Å². The Morgan fingerprint density at radius 2 is 0.889 bits per heavy atom. The summed E-state index contributed by atoms with van der Waals surface area (Å²) in [6, 6.07) is 8.93.